The Morgan fingerprint density at radius 2 is 1.74 bits per heavy atom. The Kier molecular flexibility index (Phi) is 2.67. The van der Waals surface area contributed by atoms with Gasteiger partial charge in [-0.05, 0) is 22.9 Å². The van der Waals surface area contributed by atoms with Crippen LogP contribution in [0.15, 0.2) is 59.6 Å². The molecule has 19 heavy (non-hydrogen) atoms. The number of carboxylic acid groups (broad SMARTS) is 1. The van der Waals surface area contributed by atoms with E-state index >= 15 is 0 Å². The van der Waals surface area contributed by atoms with E-state index < -0.39 is 11.5 Å². The standard InChI is InChI=1S/C16H13NO2/c18-15(19)11-16(13-7-2-1-3-8-13)10-12-6-4-5-9-14(12)17-16/h1-10H,11H2,(H,18,19). The molecule has 94 valence electrons. The van der Waals surface area contributed by atoms with Gasteiger partial charge in [-0.2, -0.15) is 0 Å². The summed E-state index contributed by atoms with van der Waals surface area (Å²) in [5.74, 6) is -0.850. The Morgan fingerprint density at radius 3 is 2.42 bits per heavy atom. The molecule has 0 bridgehead atoms. The largest absolute Gasteiger partial charge is 0.481 e. The summed E-state index contributed by atoms with van der Waals surface area (Å²) in [6, 6.07) is 17.3. The molecule has 1 aliphatic heterocycles. The number of nitrogens with zero attached hydrogens (tertiary/aromatic N) is 1. The maximum atomic E-state index is 11.2. The van der Waals surface area contributed by atoms with E-state index in [1.165, 1.54) is 0 Å². The van der Waals surface area contributed by atoms with Crippen LogP contribution in [-0.4, -0.2) is 11.1 Å². The van der Waals surface area contributed by atoms with Crippen LogP contribution >= 0.6 is 0 Å². The average Bonchev–Trinajstić information content (AvgIpc) is 2.78. The van der Waals surface area contributed by atoms with Crippen LogP contribution in [0, 0.1) is 0 Å². The van der Waals surface area contributed by atoms with E-state index in [9.17, 15) is 9.90 Å². The molecule has 3 heteroatoms. The van der Waals surface area contributed by atoms with Gasteiger partial charge in [0.1, 0.15) is 5.54 Å². The van der Waals surface area contributed by atoms with Crippen LogP contribution in [0.2, 0.25) is 0 Å². The van der Waals surface area contributed by atoms with Crippen molar-refractivity contribution in [3.8, 4) is 0 Å². The summed E-state index contributed by atoms with van der Waals surface area (Å²) in [7, 11) is 0. The summed E-state index contributed by atoms with van der Waals surface area (Å²) < 4.78 is 0. The fourth-order valence-electron chi connectivity index (χ4n) is 2.51. The summed E-state index contributed by atoms with van der Waals surface area (Å²) >= 11 is 0. The second kappa shape index (κ2) is 4.35. The summed E-state index contributed by atoms with van der Waals surface area (Å²) in [6.07, 6.45) is 1.91. The van der Waals surface area contributed by atoms with Crippen molar-refractivity contribution in [2.24, 2.45) is 4.99 Å². The smallest absolute Gasteiger partial charge is 0.306 e. The van der Waals surface area contributed by atoms with Crippen LogP contribution in [-0.2, 0) is 10.3 Å². The van der Waals surface area contributed by atoms with Gasteiger partial charge in [-0.1, -0.05) is 48.5 Å². The van der Waals surface area contributed by atoms with Crippen LogP contribution in [0.4, 0.5) is 0 Å². The summed E-state index contributed by atoms with van der Waals surface area (Å²) in [6.45, 7) is 0. The summed E-state index contributed by atoms with van der Waals surface area (Å²) in [4.78, 5) is 15.9. The number of fused-ring (bicyclic) bond motifs is 1. The van der Waals surface area contributed by atoms with E-state index in [1.807, 2.05) is 60.7 Å². The van der Waals surface area contributed by atoms with Crippen molar-refractivity contribution in [2.45, 2.75) is 12.0 Å². The lowest BCUT2D eigenvalue weighted by atomic mass is 9.87. The molecule has 0 aromatic heterocycles. The van der Waals surface area contributed by atoms with Crippen molar-refractivity contribution in [2.75, 3.05) is 0 Å². The van der Waals surface area contributed by atoms with Gasteiger partial charge in [0.15, 0.2) is 0 Å². The third kappa shape index (κ3) is 2.03. The molecule has 2 aromatic carbocycles. The molecule has 3 rings (SSSR count). The van der Waals surface area contributed by atoms with E-state index in [0.717, 1.165) is 16.1 Å². The van der Waals surface area contributed by atoms with E-state index in [-0.39, 0.29) is 6.42 Å². The van der Waals surface area contributed by atoms with Crippen molar-refractivity contribution in [1.29, 1.82) is 0 Å². The molecule has 0 radical (unpaired) electrons. The molecule has 1 unspecified atom stereocenters. The van der Waals surface area contributed by atoms with Gasteiger partial charge in [0.25, 0.3) is 0 Å². The number of aliphatic carboxylic acids is 1. The van der Waals surface area contributed by atoms with Gasteiger partial charge in [0.2, 0.25) is 0 Å². The Labute approximate surface area is 110 Å². The average molecular weight is 251 g/mol. The molecule has 0 aliphatic carbocycles. The number of para-hydroxylation sites is 1. The lowest BCUT2D eigenvalue weighted by Gasteiger charge is -2.22. The normalized spacial score (nSPS) is 20.2. The Morgan fingerprint density at radius 1 is 1.05 bits per heavy atom. The number of carbonyl (C=O) groups is 1. The molecule has 1 N–H and O–H groups in total. The highest BCUT2D eigenvalue weighted by atomic mass is 16.4. The number of hydrogen-bond acceptors (Lipinski definition) is 2. The Hall–Kier alpha value is -2.42. The number of rotatable bonds is 3. The van der Waals surface area contributed by atoms with Crippen molar-refractivity contribution >= 4 is 12.0 Å². The third-order valence-electron chi connectivity index (χ3n) is 3.35. The summed E-state index contributed by atoms with van der Waals surface area (Å²) in [5, 5.41) is 11.0. The first-order valence-corrected chi connectivity index (χ1v) is 6.15. The highest BCUT2D eigenvalue weighted by molar-refractivity contribution is 5.72. The first-order chi connectivity index (χ1) is 9.20. The minimum absolute atomic E-state index is 0.0360. The van der Waals surface area contributed by atoms with E-state index in [1.54, 1.807) is 0 Å². The number of carboxylic acids is 1. The molecule has 2 aromatic rings. The fraction of sp³-hybridized carbons (Fsp3) is 0.125. The number of hydrogen-bond donors (Lipinski definition) is 1. The van der Waals surface area contributed by atoms with Gasteiger partial charge < -0.3 is 5.11 Å². The van der Waals surface area contributed by atoms with Gasteiger partial charge in [-0.25, -0.2) is 0 Å². The first-order valence-electron chi connectivity index (χ1n) is 6.15. The van der Waals surface area contributed by atoms with E-state index in [0.29, 0.717) is 0 Å². The monoisotopic (exact) mass is 251 g/mol. The highest BCUT2D eigenvalue weighted by Gasteiger charge is 2.34. The molecule has 0 amide bonds. The predicted octanol–water partition coefficient (Wildman–Crippen LogP) is 1.47. The molecule has 0 saturated carbocycles. The first kappa shape index (κ1) is 11.7. The molecular weight excluding hydrogens is 238 g/mol. The Bertz CT molecular complexity index is 700. The van der Waals surface area contributed by atoms with Crippen LogP contribution in [0.1, 0.15) is 12.0 Å². The second-order valence-corrected chi connectivity index (χ2v) is 4.68. The lowest BCUT2D eigenvalue weighted by molar-refractivity contribution is -0.137. The van der Waals surface area contributed by atoms with E-state index in [4.69, 9.17) is 0 Å². The van der Waals surface area contributed by atoms with Gasteiger partial charge in [0, 0.05) is 0 Å². The van der Waals surface area contributed by atoms with Crippen LogP contribution in [0.5, 0.6) is 0 Å². The molecule has 0 spiro atoms. The minimum atomic E-state index is -0.850. The van der Waals surface area contributed by atoms with Crippen LogP contribution in [0.3, 0.4) is 0 Å². The highest BCUT2D eigenvalue weighted by Crippen LogP contribution is 2.32. The zero-order chi connectivity index (χ0) is 13.3. The lowest BCUT2D eigenvalue weighted by Crippen LogP contribution is -2.23. The SMILES string of the molecule is O=C(O)CC1(c2ccccc2)C=c2ccccc2=N1. The van der Waals surface area contributed by atoms with Crippen molar-refractivity contribution < 1.29 is 9.90 Å². The van der Waals surface area contributed by atoms with Crippen LogP contribution in [0.25, 0.3) is 6.08 Å². The molecule has 1 aliphatic rings. The van der Waals surface area contributed by atoms with Crippen LogP contribution < -0.4 is 10.6 Å². The maximum absolute atomic E-state index is 11.2. The molecule has 3 nitrogen and oxygen atoms in total. The molecular formula is C16H13NO2. The van der Waals surface area contributed by atoms with Gasteiger partial charge >= 0.3 is 5.97 Å². The van der Waals surface area contributed by atoms with Gasteiger partial charge in [0.05, 0.1) is 11.8 Å². The second-order valence-electron chi connectivity index (χ2n) is 4.68. The van der Waals surface area contributed by atoms with Gasteiger partial charge in [-0.15, -0.1) is 0 Å². The fourth-order valence-corrected chi connectivity index (χ4v) is 2.51. The third-order valence-corrected chi connectivity index (χ3v) is 3.35. The molecule has 1 atom stereocenters. The molecule has 1 heterocycles. The Balaban J connectivity index is 2.22. The van der Waals surface area contributed by atoms with Crippen molar-refractivity contribution in [3.05, 3.63) is 70.7 Å². The topological polar surface area (TPSA) is 49.7 Å². The molecule has 0 saturated heterocycles. The minimum Gasteiger partial charge on any atom is -0.481 e. The van der Waals surface area contributed by atoms with Gasteiger partial charge in [-0.3, -0.25) is 9.79 Å². The number of benzene rings is 2. The molecule has 0 fully saturated rings. The van der Waals surface area contributed by atoms with E-state index in [2.05, 4.69) is 4.99 Å². The summed E-state index contributed by atoms with van der Waals surface area (Å²) in [5.41, 5.74) is 0.130. The van der Waals surface area contributed by atoms with Crippen molar-refractivity contribution in [3.63, 3.8) is 0 Å². The quantitative estimate of drug-likeness (QED) is 0.898. The zero-order valence-electron chi connectivity index (χ0n) is 10.3. The zero-order valence-corrected chi connectivity index (χ0v) is 10.3. The van der Waals surface area contributed by atoms with Crippen molar-refractivity contribution in [1.82, 2.24) is 0 Å². The predicted molar refractivity (Wildman–Crippen MR) is 72.1 cm³/mol. The maximum Gasteiger partial charge on any atom is 0.306 e.